The molecule has 2 heterocycles. The third-order valence-corrected chi connectivity index (χ3v) is 6.17. The van der Waals surface area contributed by atoms with E-state index in [4.69, 9.17) is 0 Å². The Morgan fingerprint density at radius 2 is 1.88 bits per heavy atom. The second kappa shape index (κ2) is 9.82. The molecular weight excluding hydrogens is 436 g/mol. The third-order valence-electron chi connectivity index (χ3n) is 6.17. The number of fused-ring (bicyclic) bond motifs is 3. The SMILES string of the molecule is CCCn1c(=O)c2ccc(C(=O)NC3CCCCC3)cc2n2c(=O)n(CC(=O)NC(C)C)nc12. The lowest BCUT2D eigenvalue weighted by atomic mass is 9.95. The number of carbonyl (C=O) groups is 2. The molecular formula is C24H32N6O4. The van der Waals surface area contributed by atoms with Crippen LogP contribution in [0.25, 0.3) is 16.7 Å². The zero-order chi connectivity index (χ0) is 24.4. The van der Waals surface area contributed by atoms with Gasteiger partial charge in [0.2, 0.25) is 11.7 Å². The summed E-state index contributed by atoms with van der Waals surface area (Å²) < 4.78 is 3.83. The summed E-state index contributed by atoms with van der Waals surface area (Å²) in [5.74, 6) is -0.412. The largest absolute Gasteiger partial charge is 0.352 e. The van der Waals surface area contributed by atoms with Crippen molar-refractivity contribution in [1.82, 2.24) is 29.4 Å². The van der Waals surface area contributed by atoms with E-state index in [1.165, 1.54) is 15.4 Å². The fourth-order valence-electron chi connectivity index (χ4n) is 4.60. The number of aromatic nitrogens is 4. The molecule has 10 heteroatoms. The molecule has 0 spiro atoms. The number of hydrogen-bond donors (Lipinski definition) is 2. The molecule has 34 heavy (non-hydrogen) atoms. The molecule has 1 aliphatic carbocycles. The predicted octanol–water partition coefficient (Wildman–Crippen LogP) is 1.81. The van der Waals surface area contributed by atoms with Gasteiger partial charge in [-0.1, -0.05) is 26.2 Å². The molecule has 2 amide bonds. The zero-order valence-corrected chi connectivity index (χ0v) is 20.0. The maximum Gasteiger partial charge on any atom is 0.352 e. The Hall–Kier alpha value is -3.43. The van der Waals surface area contributed by atoms with Gasteiger partial charge in [-0.25, -0.2) is 13.9 Å². The Bertz CT molecular complexity index is 1340. The van der Waals surface area contributed by atoms with Gasteiger partial charge in [0, 0.05) is 24.2 Å². The van der Waals surface area contributed by atoms with Crippen LogP contribution in [0.4, 0.5) is 0 Å². The highest BCUT2D eigenvalue weighted by Gasteiger charge is 2.21. The van der Waals surface area contributed by atoms with Gasteiger partial charge in [0.25, 0.3) is 11.5 Å². The Morgan fingerprint density at radius 1 is 1.15 bits per heavy atom. The lowest BCUT2D eigenvalue weighted by Gasteiger charge is -2.22. The summed E-state index contributed by atoms with van der Waals surface area (Å²) in [5, 5.41) is 10.5. The zero-order valence-electron chi connectivity index (χ0n) is 20.0. The van der Waals surface area contributed by atoms with Crippen LogP contribution < -0.4 is 21.9 Å². The van der Waals surface area contributed by atoms with Crippen LogP contribution in [0.15, 0.2) is 27.8 Å². The van der Waals surface area contributed by atoms with Crippen molar-refractivity contribution in [3.63, 3.8) is 0 Å². The maximum absolute atomic E-state index is 13.3. The van der Waals surface area contributed by atoms with Crippen molar-refractivity contribution in [2.24, 2.45) is 0 Å². The fraction of sp³-hybridized carbons (Fsp3) is 0.542. The number of amides is 2. The number of carbonyl (C=O) groups excluding carboxylic acids is 2. The summed E-state index contributed by atoms with van der Waals surface area (Å²) in [6.07, 6.45) is 5.95. The second-order valence-electron chi connectivity index (χ2n) is 9.29. The average molecular weight is 469 g/mol. The molecule has 2 N–H and O–H groups in total. The van der Waals surface area contributed by atoms with Crippen LogP contribution in [-0.2, 0) is 17.9 Å². The monoisotopic (exact) mass is 468 g/mol. The van der Waals surface area contributed by atoms with E-state index < -0.39 is 5.69 Å². The van der Waals surface area contributed by atoms with Crippen LogP contribution in [0, 0.1) is 0 Å². The molecule has 0 atom stereocenters. The molecule has 1 aliphatic rings. The number of nitrogens with zero attached hydrogens (tertiary/aromatic N) is 4. The highest BCUT2D eigenvalue weighted by molar-refractivity contribution is 5.98. The van der Waals surface area contributed by atoms with Crippen LogP contribution in [0.3, 0.4) is 0 Å². The summed E-state index contributed by atoms with van der Waals surface area (Å²) in [6, 6.07) is 4.84. The van der Waals surface area contributed by atoms with E-state index in [2.05, 4.69) is 15.7 Å². The molecule has 0 saturated heterocycles. The van der Waals surface area contributed by atoms with Gasteiger partial charge in [-0.2, -0.15) is 0 Å². The molecule has 1 saturated carbocycles. The summed E-state index contributed by atoms with van der Waals surface area (Å²) >= 11 is 0. The van der Waals surface area contributed by atoms with E-state index in [1.54, 1.807) is 18.2 Å². The van der Waals surface area contributed by atoms with Crippen molar-refractivity contribution in [3.05, 3.63) is 44.6 Å². The summed E-state index contributed by atoms with van der Waals surface area (Å²) in [5.41, 5.74) is -0.130. The van der Waals surface area contributed by atoms with Crippen LogP contribution in [0.2, 0.25) is 0 Å². The standard InChI is InChI=1S/C24H32N6O4/c1-4-12-28-22(33)18-11-10-16(21(32)26-17-8-6-5-7-9-17)13-19(18)30-23(28)27-29(24(30)34)14-20(31)25-15(2)3/h10-11,13,15,17H,4-9,12,14H2,1-3H3,(H,25,31)(H,26,32). The topological polar surface area (TPSA) is 120 Å². The Balaban J connectivity index is 1.82. The smallest absolute Gasteiger partial charge is 0.352 e. The molecule has 182 valence electrons. The van der Waals surface area contributed by atoms with Crippen molar-refractivity contribution in [3.8, 4) is 0 Å². The second-order valence-corrected chi connectivity index (χ2v) is 9.29. The summed E-state index contributed by atoms with van der Waals surface area (Å²) in [7, 11) is 0. The number of hydrogen-bond acceptors (Lipinski definition) is 5. The van der Waals surface area contributed by atoms with E-state index in [9.17, 15) is 19.2 Å². The molecule has 0 unspecified atom stereocenters. The van der Waals surface area contributed by atoms with Crippen LogP contribution in [0.5, 0.6) is 0 Å². The Kier molecular flexibility index (Phi) is 6.85. The van der Waals surface area contributed by atoms with E-state index in [1.807, 2.05) is 20.8 Å². The van der Waals surface area contributed by atoms with E-state index in [-0.39, 0.29) is 41.8 Å². The third kappa shape index (κ3) is 4.62. The van der Waals surface area contributed by atoms with Gasteiger partial charge in [-0.15, -0.1) is 5.10 Å². The highest BCUT2D eigenvalue weighted by atomic mass is 16.2. The quantitative estimate of drug-likeness (QED) is 0.548. The normalized spacial score (nSPS) is 14.7. The van der Waals surface area contributed by atoms with E-state index in [0.29, 0.717) is 29.4 Å². The average Bonchev–Trinajstić information content (AvgIpc) is 3.12. The minimum atomic E-state index is -0.534. The predicted molar refractivity (Wildman–Crippen MR) is 129 cm³/mol. The summed E-state index contributed by atoms with van der Waals surface area (Å²) in [4.78, 5) is 51.7. The minimum absolute atomic E-state index is 0.0791. The van der Waals surface area contributed by atoms with Gasteiger partial charge in [0.05, 0.1) is 10.9 Å². The van der Waals surface area contributed by atoms with E-state index in [0.717, 1.165) is 30.4 Å². The number of nitrogens with one attached hydrogen (secondary N) is 2. The van der Waals surface area contributed by atoms with Crippen molar-refractivity contribution in [2.45, 2.75) is 84.5 Å². The van der Waals surface area contributed by atoms with Crippen molar-refractivity contribution >= 4 is 28.5 Å². The molecule has 3 aromatic rings. The highest BCUT2D eigenvalue weighted by Crippen LogP contribution is 2.19. The minimum Gasteiger partial charge on any atom is -0.352 e. The van der Waals surface area contributed by atoms with Gasteiger partial charge in [-0.05, 0) is 51.3 Å². The first-order valence-corrected chi connectivity index (χ1v) is 12.1. The van der Waals surface area contributed by atoms with Crippen LogP contribution >= 0.6 is 0 Å². The number of aryl methyl sites for hydroxylation is 1. The molecule has 0 bridgehead atoms. The Labute approximate surface area is 196 Å². The first kappa shape index (κ1) is 23.7. The van der Waals surface area contributed by atoms with Crippen molar-refractivity contribution < 1.29 is 9.59 Å². The van der Waals surface area contributed by atoms with Gasteiger partial charge >= 0.3 is 5.69 Å². The molecule has 4 rings (SSSR count). The molecule has 0 radical (unpaired) electrons. The molecule has 0 aliphatic heterocycles. The lowest BCUT2D eigenvalue weighted by Crippen LogP contribution is -2.36. The maximum atomic E-state index is 13.3. The Morgan fingerprint density at radius 3 is 2.56 bits per heavy atom. The first-order valence-electron chi connectivity index (χ1n) is 12.1. The molecule has 1 aromatic carbocycles. The molecule has 10 nitrogen and oxygen atoms in total. The fourth-order valence-corrected chi connectivity index (χ4v) is 4.60. The van der Waals surface area contributed by atoms with Crippen LogP contribution in [0.1, 0.15) is 69.7 Å². The number of rotatable bonds is 7. The molecule has 1 fully saturated rings. The van der Waals surface area contributed by atoms with Gasteiger partial charge < -0.3 is 10.6 Å². The van der Waals surface area contributed by atoms with Crippen LogP contribution in [-0.4, -0.2) is 42.6 Å². The van der Waals surface area contributed by atoms with E-state index >= 15 is 0 Å². The first-order chi connectivity index (χ1) is 16.3. The van der Waals surface area contributed by atoms with Crippen molar-refractivity contribution in [2.75, 3.05) is 0 Å². The van der Waals surface area contributed by atoms with Gasteiger partial charge in [0.1, 0.15) is 6.54 Å². The number of benzene rings is 1. The lowest BCUT2D eigenvalue weighted by molar-refractivity contribution is -0.122. The van der Waals surface area contributed by atoms with Gasteiger partial charge in [-0.3, -0.25) is 19.0 Å². The van der Waals surface area contributed by atoms with Gasteiger partial charge in [0.15, 0.2) is 0 Å². The molecule has 2 aromatic heterocycles. The summed E-state index contributed by atoms with van der Waals surface area (Å²) in [6.45, 7) is 5.70. The van der Waals surface area contributed by atoms with Crippen molar-refractivity contribution in [1.29, 1.82) is 0 Å².